The molecule has 106 valence electrons. The van der Waals surface area contributed by atoms with E-state index < -0.39 is 0 Å². The highest BCUT2D eigenvalue weighted by molar-refractivity contribution is 8.18. The van der Waals surface area contributed by atoms with E-state index in [1.165, 1.54) is 11.8 Å². The third-order valence-electron chi connectivity index (χ3n) is 2.80. The van der Waals surface area contributed by atoms with E-state index in [2.05, 4.69) is 15.3 Å². The fraction of sp³-hybridized carbons (Fsp3) is 0.133. The quantitative estimate of drug-likeness (QED) is 0.861. The minimum atomic E-state index is -0.128. The molecule has 2 aromatic rings. The molecule has 6 heteroatoms. The second-order valence-corrected chi connectivity index (χ2v) is 6.70. The van der Waals surface area contributed by atoms with E-state index in [4.69, 9.17) is 0 Å². The standard InChI is InChI=1S/C15H13N3OS2/c1-9-4-3-5-11(6-9)17-15-18-14(19)13(21-15)7-12-8-20-10(2)16-12/h3-8H,1-2H3,(H,17,18,19)/b13-7-. The molecule has 21 heavy (non-hydrogen) atoms. The number of thioether (sulfide) groups is 1. The Morgan fingerprint density at radius 1 is 1.33 bits per heavy atom. The summed E-state index contributed by atoms with van der Waals surface area (Å²) in [4.78, 5) is 21.4. The van der Waals surface area contributed by atoms with Gasteiger partial charge in [0.2, 0.25) is 0 Å². The average Bonchev–Trinajstić information content (AvgIpc) is 2.97. The fourth-order valence-electron chi connectivity index (χ4n) is 1.88. The van der Waals surface area contributed by atoms with Crippen molar-refractivity contribution in [3.05, 3.63) is 50.8 Å². The van der Waals surface area contributed by atoms with Crippen LogP contribution in [-0.4, -0.2) is 16.1 Å². The van der Waals surface area contributed by atoms with Gasteiger partial charge in [-0.15, -0.1) is 11.3 Å². The minimum absolute atomic E-state index is 0.128. The number of aryl methyl sites for hydroxylation is 2. The van der Waals surface area contributed by atoms with Gasteiger partial charge in [0.05, 0.1) is 21.3 Å². The number of carbonyl (C=O) groups is 1. The third kappa shape index (κ3) is 3.40. The summed E-state index contributed by atoms with van der Waals surface area (Å²) in [5.74, 6) is -0.128. The molecule has 0 radical (unpaired) electrons. The Morgan fingerprint density at radius 2 is 2.19 bits per heavy atom. The lowest BCUT2D eigenvalue weighted by molar-refractivity contribution is -0.115. The number of aliphatic imine (C=N–C) groups is 1. The Balaban J connectivity index is 1.83. The SMILES string of the molecule is Cc1cccc(N=C2NC(=O)/C(=C/c3csc(C)n3)S2)c1. The summed E-state index contributed by atoms with van der Waals surface area (Å²) in [6.07, 6.45) is 1.79. The van der Waals surface area contributed by atoms with Crippen LogP contribution >= 0.6 is 23.1 Å². The van der Waals surface area contributed by atoms with Crippen LogP contribution in [0.3, 0.4) is 0 Å². The van der Waals surface area contributed by atoms with Gasteiger partial charge in [-0.25, -0.2) is 9.98 Å². The van der Waals surface area contributed by atoms with Crippen LogP contribution in [0.5, 0.6) is 0 Å². The van der Waals surface area contributed by atoms with Gasteiger partial charge in [0.15, 0.2) is 5.17 Å². The van der Waals surface area contributed by atoms with Gasteiger partial charge < -0.3 is 5.32 Å². The number of carbonyl (C=O) groups excluding carboxylic acids is 1. The first-order chi connectivity index (χ1) is 10.1. The number of hydrogen-bond acceptors (Lipinski definition) is 5. The largest absolute Gasteiger partial charge is 0.300 e. The van der Waals surface area contributed by atoms with Crippen molar-refractivity contribution in [2.75, 3.05) is 0 Å². The van der Waals surface area contributed by atoms with Crippen molar-refractivity contribution in [1.82, 2.24) is 10.3 Å². The van der Waals surface area contributed by atoms with E-state index in [1.54, 1.807) is 17.4 Å². The summed E-state index contributed by atoms with van der Waals surface area (Å²) < 4.78 is 0. The zero-order chi connectivity index (χ0) is 14.8. The lowest BCUT2D eigenvalue weighted by Crippen LogP contribution is -2.19. The normalized spacial score (nSPS) is 18.5. The van der Waals surface area contributed by atoms with E-state index in [9.17, 15) is 4.79 Å². The second-order valence-electron chi connectivity index (χ2n) is 4.61. The van der Waals surface area contributed by atoms with Crippen LogP contribution in [-0.2, 0) is 4.79 Å². The first-order valence-corrected chi connectivity index (χ1v) is 8.08. The van der Waals surface area contributed by atoms with Gasteiger partial charge in [-0.05, 0) is 49.4 Å². The van der Waals surface area contributed by atoms with Crippen LogP contribution in [0.1, 0.15) is 16.3 Å². The van der Waals surface area contributed by atoms with Crippen molar-refractivity contribution in [1.29, 1.82) is 0 Å². The number of aromatic nitrogens is 1. The molecule has 1 aliphatic rings. The zero-order valence-electron chi connectivity index (χ0n) is 11.6. The summed E-state index contributed by atoms with van der Waals surface area (Å²) in [7, 11) is 0. The second kappa shape index (κ2) is 5.83. The van der Waals surface area contributed by atoms with Crippen molar-refractivity contribution in [3.63, 3.8) is 0 Å². The molecule has 0 saturated carbocycles. The van der Waals surface area contributed by atoms with Crippen LogP contribution < -0.4 is 5.32 Å². The summed E-state index contributed by atoms with van der Waals surface area (Å²) in [6.45, 7) is 3.96. The van der Waals surface area contributed by atoms with Gasteiger partial charge in [0.25, 0.3) is 5.91 Å². The Kier molecular flexibility index (Phi) is 3.90. The van der Waals surface area contributed by atoms with E-state index in [1.807, 2.05) is 43.5 Å². The first-order valence-electron chi connectivity index (χ1n) is 6.38. The molecule has 1 N–H and O–H groups in total. The number of amides is 1. The molecule has 1 aliphatic heterocycles. The van der Waals surface area contributed by atoms with Gasteiger partial charge in [-0.2, -0.15) is 0 Å². The van der Waals surface area contributed by atoms with Gasteiger partial charge in [0, 0.05) is 5.38 Å². The molecular weight excluding hydrogens is 302 g/mol. The van der Waals surface area contributed by atoms with Crippen LogP contribution in [0.2, 0.25) is 0 Å². The topological polar surface area (TPSA) is 54.4 Å². The van der Waals surface area contributed by atoms with Crippen molar-refractivity contribution in [2.24, 2.45) is 4.99 Å². The monoisotopic (exact) mass is 315 g/mol. The van der Waals surface area contributed by atoms with Crippen LogP contribution in [0.4, 0.5) is 5.69 Å². The van der Waals surface area contributed by atoms with E-state index >= 15 is 0 Å². The number of benzene rings is 1. The van der Waals surface area contributed by atoms with Crippen LogP contribution in [0.25, 0.3) is 6.08 Å². The molecule has 0 atom stereocenters. The summed E-state index contributed by atoms with van der Waals surface area (Å²) >= 11 is 2.91. The molecule has 1 amide bonds. The number of nitrogens with one attached hydrogen (secondary N) is 1. The van der Waals surface area contributed by atoms with Crippen molar-refractivity contribution in [3.8, 4) is 0 Å². The Bertz CT molecular complexity index is 762. The lowest BCUT2D eigenvalue weighted by Gasteiger charge is -1.97. The molecule has 0 aliphatic carbocycles. The molecule has 1 aromatic heterocycles. The number of nitrogens with zero attached hydrogens (tertiary/aromatic N) is 2. The maximum Gasteiger partial charge on any atom is 0.264 e. The lowest BCUT2D eigenvalue weighted by atomic mass is 10.2. The average molecular weight is 315 g/mol. The van der Waals surface area contributed by atoms with Gasteiger partial charge >= 0.3 is 0 Å². The molecule has 1 aromatic carbocycles. The predicted octanol–water partition coefficient (Wildman–Crippen LogP) is 3.65. The summed E-state index contributed by atoms with van der Waals surface area (Å²) in [5.41, 5.74) is 2.79. The molecule has 1 fully saturated rings. The molecular formula is C15H13N3OS2. The molecule has 3 rings (SSSR count). The number of hydrogen-bond donors (Lipinski definition) is 1. The molecule has 0 spiro atoms. The highest BCUT2D eigenvalue weighted by Crippen LogP contribution is 2.28. The van der Waals surface area contributed by atoms with Crippen molar-refractivity contribution in [2.45, 2.75) is 13.8 Å². The number of amidine groups is 1. The van der Waals surface area contributed by atoms with Gasteiger partial charge in [-0.3, -0.25) is 4.79 Å². The van der Waals surface area contributed by atoms with E-state index in [0.717, 1.165) is 22.0 Å². The minimum Gasteiger partial charge on any atom is -0.300 e. The first kappa shape index (κ1) is 14.0. The number of thiazole rings is 1. The maximum absolute atomic E-state index is 11.9. The van der Waals surface area contributed by atoms with E-state index in [-0.39, 0.29) is 5.91 Å². The highest BCUT2D eigenvalue weighted by atomic mass is 32.2. The highest BCUT2D eigenvalue weighted by Gasteiger charge is 2.24. The smallest absolute Gasteiger partial charge is 0.264 e. The fourth-order valence-corrected chi connectivity index (χ4v) is 3.27. The third-order valence-corrected chi connectivity index (χ3v) is 4.50. The van der Waals surface area contributed by atoms with E-state index in [0.29, 0.717) is 10.1 Å². The maximum atomic E-state index is 11.9. The molecule has 0 bridgehead atoms. The molecule has 0 unspecified atom stereocenters. The molecule has 1 saturated heterocycles. The van der Waals surface area contributed by atoms with Gasteiger partial charge in [-0.1, -0.05) is 12.1 Å². The summed E-state index contributed by atoms with van der Waals surface area (Å²) in [5, 5.41) is 6.30. The van der Waals surface area contributed by atoms with Gasteiger partial charge in [0.1, 0.15) is 0 Å². The van der Waals surface area contributed by atoms with Crippen molar-refractivity contribution >= 4 is 45.9 Å². The van der Waals surface area contributed by atoms with Crippen LogP contribution in [0, 0.1) is 13.8 Å². The predicted molar refractivity (Wildman–Crippen MR) is 88.8 cm³/mol. The van der Waals surface area contributed by atoms with Crippen LogP contribution in [0.15, 0.2) is 39.5 Å². The van der Waals surface area contributed by atoms with Crippen molar-refractivity contribution < 1.29 is 4.79 Å². The number of rotatable bonds is 2. The summed E-state index contributed by atoms with van der Waals surface area (Å²) in [6, 6.07) is 7.86. The molecule has 2 heterocycles. The molecule has 4 nitrogen and oxygen atoms in total. The Hall–Kier alpha value is -1.92. The Morgan fingerprint density at radius 3 is 2.90 bits per heavy atom. The Labute approximate surface area is 131 Å². The zero-order valence-corrected chi connectivity index (χ0v) is 13.2.